The van der Waals surface area contributed by atoms with Crippen molar-refractivity contribution in [1.29, 1.82) is 0 Å². The minimum atomic E-state index is -1.26. The van der Waals surface area contributed by atoms with Gasteiger partial charge in [-0.1, -0.05) is 23.2 Å². The van der Waals surface area contributed by atoms with Crippen LogP contribution < -0.4 is 5.32 Å². The number of halogens is 2. The predicted molar refractivity (Wildman–Crippen MR) is 66.0 cm³/mol. The summed E-state index contributed by atoms with van der Waals surface area (Å²) in [6.45, 7) is 3.54. The second-order valence-electron chi connectivity index (χ2n) is 3.74. The standard InChI is InChI=1S/C11H11Cl2NO3/c1-5(2)14-10(15)7-3-6(12)4-8(13)9(7)11(16)17/h3-5H,1-2H3,(H,14,15)(H,16,17). The number of carbonyl (C=O) groups is 2. The topological polar surface area (TPSA) is 66.4 Å². The molecule has 0 heterocycles. The van der Waals surface area contributed by atoms with Gasteiger partial charge in [0.2, 0.25) is 0 Å². The van der Waals surface area contributed by atoms with Crippen molar-refractivity contribution in [2.24, 2.45) is 0 Å². The van der Waals surface area contributed by atoms with Crippen molar-refractivity contribution < 1.29 is 14.7 Å². The van der Waals surface area contributed by atoms with E-state index in [0.29, 0.717) is 0 Å². The maximum Gasteiger partial charge on any atom is 0.338 e. The van der Waals surface area contributed by atoms with Crippen LogP contribution in [0.3, 0.4) is 0 Å². The van der Waals surface area contributed by atoms with Crippen LogP contribution in [0.25, 0.3) is 0 Å². The van der Waals surface area contributed by atoms with Crippen LogP contribution in [0.1, 0.15) is 34.6 Å². The molecule has 0 radical (unpaired) electrons. The average Bonchev–Trinajstić information content (AvgIpc) is 2.14. The zero-order chi connectivity index (χ0) is 13.2. The summed E-state index contributed by atoms with van der Waals surface area (Å²) in [6, 6.07) is 2.47. The van der Waals surface area contributed by atoms with E-state index in [1.165, 1.54) is 12.1 Å². The van der Waals surface area contributed by atoms with Gasteiger partial charge >= 0.3 is 5.97 Å². The van der Waals surface area contributed by atoms with E-state index in [2.05, 4.69) is 5.32 Å². The van der Waals surface area contributed by atoms with Crippen molar-refractivity contribution >= 4 is 35.1 Å². The number of rotatable bonds is 3. The summed E-state index contributed by atoms with van der Waals surface area (Å²) in [5.41, 5.74) is -0.280. The number of aromatic carboxylic acids is 1. The Balaban J connectivity index is 3.30. The molecule has 1 amide bonds. The summed E-state index contributed by atoms with van der Waals surface area (Å²) in [5.74, 6) is -1.78. The first-order valence-electron chi connectivity index (χ1n) is 4.86. The first-order chi connectivity index (χ1) is 7.82. The number of carbonyl (C=O) groups excluding carboxylic acids is 1. The van der Waals surface area contributed by atoms with Crippen LogP contribution >= 0.6 is 23.2 Å². The number of benzene rings is 1. The van der Waals surface area contributed by atoms with Gasteiger partial charge in [-0.2, -0.15) is 0 Å². The molecule has 4 nitrogen and oxygen atoms in total. The molecular weight excluding hydrogens is 265 g/mol. The van der Waals surface area contributed by atoms with E-state index >= 15 is 0 Å². The van der Waals surface area contributed by atoms with E-state index in [1.807, 2.05) is 0 Å². The quantitative estimate of drug-likeness (QED) is 0.892. The van der Waals surface area contributed by atoms with Gasteiger partial charge in [0, 0.05) is 11.1 Å². The van der Waals surface area contributed by atoms with Gasteiger partial charge in [-0.3, -0.25) is 4.79 Å². The molecule has 92 valence electrons. The zero-order valence-corrected chi connectivity index (χ0v) is 10.8. The molecule has 0 unspecified atom stereocenters. The first-order valence-corrected chi connectivity index (χ1v) is 5.61. The fourth-order valence-corrected chi connectivity index (χ4v) is 1.88. The molecule has 17 heavy (non-hydrogen) atoms. The summed E-state index contributed by atoms with van der Waals surface area (Å²) in [4.78, 5) is 22.8. The largest absolute Gasteiger partial charge is 0.478 e. The van der Waals surface area contributed by atoms with Crippen molar-refractivity contribution in [3.63, 3.8) is 0 Å². The number of hydrogen-bond donors (Lipinski definition) is 2. The van der Waals surface area contributed by atoms with Gasteiger partial charge in [0.25, 0.3) is 5.91 Å². The van der Waals surface area contributed by atoms with Gasteiger partial charge in [0.15, 0.2) is 0 Å². The van der Waals surface area contributed by atoms with E-state index in [9.17, 15) is 9.59 Å². The highest BCUT2D eigenvalue weighted by Crippen LogP contribution is 2.25. The molecule has 1 rings (SSSR count). The van der Waals surface area contributed by atoms with Crippen LogP contribution in [0.4, 0.5) is 0 Å². The molecule has 1 aromatic rings. The lowest BCUT2D eigenvalue weighted by molar-refractivity contribution is 0.0691. The normalized spacial score (nSPS) is 10.4. The molecule has 0 atom stereocenters. The monoisotopic (exact) mass is 275 g/mol. The lowest BCUT2D eigenvalue weighted by atomic mass is 10.1. The maximum absolute atomic E-state index is 11.8. The number of amides is 1. The maximum atomic E-state index is 11.8. The van der Waals surface area contributed by atoms with E-state index in [1.54, 1.807) is 13.8 Å². The van der Waals surface area contributed by atoms with Crippen molar-refractivity contribution in [2.45, 2.75) is 19.9 Å². The number of hydrogen-bond acceptors (Lipinski definition) is 2. The molecule has 0 aromatic heterocycles. The lowest BCUT2D eigenvalue weighted by Gasteiger charge is -2.11. The van der Waals surface area contributed by atoms with Gasteiger partial charge in [0.1, 0.15) is 0 Å². The van der Waals surface area contributed by atoms with Crippen LogP contribution in [0.2, 0.25) is 10.0 Å². The molecular formula is C11H11Cl2NO3. The Hall–Kier alpha value is -1.26. The summed E-state index contributed by atoms with van der Waals surface area (Å²) in [5, 5.41) is 11.8. The van der Waals surface area contributed by atoms with Crippen LogP contribution in [0.5, 0.6) is 0 Å². The third-order valence-electron chi connectivity index (χ3n) is 1.93. The second-order valence-corrected chi connectivity index (χ2v) is 4.59. The molecule has 2 N–H and O–H groups in total. The Kier molecular flexibility index (Phi) is 4.37. The Labute approximate surface area is 109 Å². The van der Waals surface area contributed by atoms with Crippen LogP contribution in [-0.2, 0) is 0 Å². The molecule has 0 saturated heterocycles. The van der Waals surface area contributed by atoms with Gasteiger partial charge in [-0.05, 0) is 26.0 Å². The Morgan fingerprint density at radius 2 is 1.88 bits per heavy atom. The fourth-order valence-electron chi connectivity index (χ4n) is 1.31. The van der Waals surface area contributed by atoms with Crippen molar-refractivity contribution in [2.75, 3.05) is 0 Å². The average molecular weight is 276 g/mol. The van der Waals surface area contributed by atoms with Gasteiger partial charge in [0.05, 0.1) is 16.1 Å². The number of nitrogens with one attached hydrogen (secondary N) is 1. The van der Waals surface area contributed by atoms with Gasteiger partial charge in [-0.15, -0.1) is 0 Å². The van der Waals surface area contributed by atoms with E-state index in [4.69, 9.17) is 28.3 Å². The highest BCUT2D eigenvalue weighted by atomic mass is 35.5. The molecule has 0 saturated carbocycles. The minimum Gasteiger partial charge on any atom is -0.478 e. The van der Waals surface area contributed by atoms with Crippen molar-refractivity contribution in [1.82, 2.24) is 5.32 Å². The molecule has 0 bridgehead atoms. The highest BCUT2D eigenvalue weighted by molar-refractivity contribution is 6.37. The van der Waals surface area contributed by atoms with Crippen LogP contribution in [-0.4, -0.2) is 23.0 Å². The van der Waals surface area contributed by atoms with E-state index < -0.39 is 11.9 Å². The predicted octanol–water partition coefficient (Wildman–Crippen LogP) is 2.83. The second kappa shape index (κ2) is 5.38. The Morgan fingerprint density at radius 1 is 1.29 bits per heavy atom. The summed E-state index contributed by atoms with van der Waals surface area (Å²) in [6.07, 6.45) is 0. The smallest absolute Gasteiger partial charge is 0.338 e. The van der Waals surface area contributed by atoms with Crippen molar-refractivity contribution in [3.05, 3.63) is 33.3 Å². The SMILES string of the molecule is CC(C)NC(=O)c1cc(Cl)cc(Cl)c1C(=O)O. The van der Waals surface area contributed by atoms with Gasteiger partial charge < -0.3 is 10.4 Å². The minimum absolute atomic E-state index is 0.0382. The Bertz CT molecular complexity index is 472. The van der Waals surface area contributed by atoms with E-state index in [-0.39, 0.29) is 27.2 Å². The first kappa shape index (κ1) is 13.8. The highest BCUT2D eigenvalue weighted by Gasteiger charge is 2.21. The molecule has 0 fully saturated rings. The number of carboxylic acids is 1. The summed E-state index contributed by atoms with van der Waals surface area (Å²) >= 11 is 11.5. The zero-order valence-electron chi connectivity index (χ0n) is 9.25. The number of carboxylic acid groups (broad SMARTS) is 1. The van der Waals surface area contributed by atoms with Crippen molar-refractivity contribution in [3.8, 4) is 0 Å². The molecule has 6 heteroatoms. The third-order valence-corrected chi connectivity index (χ3v) is 2.45. The summed E-state index contributed by atoms with van der Waals surface area (Å²) < 4.78 is 0. The molecule has 0 spiro atoms. The third kappa shape index (κ3) is 3.35. The molecule has 0 aliphatic carbocycles. The summed E-state index contributed by atoms with van der Waals surface area (Å²) in [7, 11) is 0. The van der Waals surface area contributed by atoms with Crippen LogP contribution in [0.15, 0.2) is 12.1 Å². The van der Waals surface area contributed by atoms with Crippen LogP contribution in [0, 0.1) is 0 Å². The van der Waals surface area contributed by atoms with Gasteiger partial charge in [-0.25, -0.2) is 4.79 Å². The molecule has 0 aliphatic rings. The Morgan fingerprint density at radius 3 is 2.35 bits per heavy atom. The fraction of sp³-hybridized carbons (Fsp3) is 0.273. The molecule has 1 aromatic carbocycles. The van der Waals surface area contributed by atoms with E-state index in [0.717, 1.165) is 0 Å². The molecule has 0 aliphatic heterocycles. The lowest BCUT2D eigenvalue weighted by Crippen LogP contribution is -2.31.